The number of aromatic hydroxyl groups is 3. The van der Waals surface area contributed by atoms with Crippen molar-refractivity contribution >= 4 is 70.5 Å². The Morgan fingerprint density at radius 3 is 1.85 bits per heavy atom. The molecule has 12 rings (SSSR count). The third kappa shape index (κ3) is 18.0. The molecule has 35 nitrogen and oxygen atoms in total. The zero-order valence-corrected chi connectivity index (χ0v) is 59.0. The number of phenolic OH excluding ortho intramolecular Hbond substituents is 3. The average molecular weight is 1530 g/mol. The summed E-state index contributed by atoms with van der Waals surface area (Å²) in [5.41, 5.74) is 8.00. The van der Waals surface area contributed by atoms with Crippen LogP contribution in [-0.4, -0.2) is 214 Å². The van der Waals surface area contributed by atoms with Crippen LogP contribution in [-0.2, 0) is 52.6 Å². The zero-order chi connectivity index (χ0) is 77.8. The molecule has 19 unspecified atom stereocenters. The summed E-state index contributed by atoms with van der Waals surface area (Å²) in [6.45, 7) is 7.05. The van der Waals surface area contributed by atoms with Crippen LogP contribution >= 0.6 is 23.2 Å². The Balaban J connectivity index is 0.00000251. The van der Waals surface area contributed by atoms with Crippen LogP contribution < -0.4 is 62.9 Å². The number of aliphatic hydroxyl groups is 8. The van der Waals surface area contributed by atoms with Crippen molar-refractivity contribution < 1.29 is 128 Å². The summed E-state index contributed by atoms with van der Waals surface area (Å²) in [6, 6.07) is -0.679. The second-order valence-electron chi connectivity index (χ2n) is 26.7. The number of hydrogen-bond acceptors (Lipinski definition) is 27. The molecule has 23 N–H and O–H groups in total. The Kier molecular flexibility index (Phi) is 25.7. The number of carboxylic acid groups (broad SMARTS) is 1. The van der Waals surface area contributed by atoms with Crippen molar-refractivity contribution in [2.75, 3.05) is 20.3 Å². The highest BCUT2D eigenvalue weighted by molar-refractivity contribution is 6.32. The fourth-order valence-corrected chi connectivity index (χ4v) is 12.9. The maximum atomic E-state index is 16.0. The monoisotopic (exact) mass is 1520 g/mol. The molecule has 2 fully saturated rings. The number of nitrogens with one attached hydrogen (secondary N) is 7. The zero-order valence-electron chi connectivity index (χ0n) is 57.5. The summed E-state index contributed by atoms with van der Waals surface area (Å²) in [5.74, 6) is -16.0. The fourth-order valence-electron chi connectivity index (χ4n) is 12.5. The van der Waals surface area contributed by atoms with E-state index < -0.39 is 243 Å². The van der Waals surface area contributed by atoms with Crippen molar-refractivity contribution in [2.45, 2.75) is 169 Å². The predicted octanol–water partition coefficient (Wildman–Crippen LogP) is -0.534. The number of carbonyl (C=O) groups excluding carboxylic acids is 7. The molecule has 0 saturated carbocycles. The van der Waals surface area contributed by atoms with Crippen LogP contribution in [0.2, 0.25) is 10.0 Å². The number of rotatable bonds is 14. The molecule has 7 aliphatic rings. The lowest BCUT2D eigenvalue weighted by molar-refractivity contribution is -0.333. The molecule has 5 aromatic rings. The van der Waals surface area contributed by atoms with Gasteiger partial charge < -0.3 is 138 Å². The van der Waals surface area contributed by atoms with Crippen LogP contribution in [0, 0.1) is 5.92 Å². The molecular weight excluding hydrogens is 1440 g/mol. The third-order valence-corrected chi connectivity index (χ3v) is 18.6. The van der Waals surface area contributed by atoms with Crippen molar-refractivity contribution in [1.29, 1.82) is 0 Å². The number of phenols is 3. The minimum absolute atomic E-state index is 0.0975. The Hall–Kier alpha value is -9.28. The lowest BCUT2D eigenvalue weighted by Gasteiger charge is -2.47. The topological polar surface area (TPSA) is 571 Å². The summed E-state index contributed by atoms with van der Waals surface area (Å²) in [6.07, 6.45) is -19.1. The highest BCUT2D eigenvalue weighted by Crippen LogP contribution is 2.50. The lowest BCUT2D eigenvalue weighted by atomic mass is 9.86. The van der Waals surface area contributed by atoms with Crippen LogP contribution in [0.25, 0.3) is 11.1 Å². The maximum absolute atomic E-state index is 16.0. The van der Waals surface area contributed by atoms with E-state index in [2.05, 4.69) is 37.2 Å². The van der Waals surface area contributed by atoms with E-state index in [1.165, 1.54) is 40.0 Å². The number of nitrogens with two attached hydrogens (primary N) is 2. The fraction of sp³-hybridized carbons (Fsp3) is 0.449. The van der Waals surface area contributed by atoms with Gasteiger partial charge in [-0.15, -0.1) is 0 Å². The van der Waals surface area contributed by atoms with E-state index in [4.69, 9.17) is 73.3 Å². The van der Waals surface area contributed by atoms with Crippen molar-refractivity contribution in [3.63, 3.8) is 0 Å². The quantitative estimate of drug-likeness (QED) is 0.0664. The maximum Gasteiger partial charge on any atom is 0.330 e. The van der Waals surface area contributed by atoms with Gasteiger partial charge in [-0.05, 0) is 117 Å². The van der Waals surface area contributed by atoms with Gasteiger partial charge in [0.2, 0.25) is 53.4 Å². The molecule has 2 saturated heterocycles. The van der Waals surface area contributed by atoms with Crippen LogP contribution in [0.5, 0.6) is 46.0 Å². The molecule has 106 heavy (non-hydrogen) atoms. The Bertz CT molecular complexity index is 4150. The molecule has 7 amide bonds. The van der Waals surface area contributed by atoms with Crippen LogP contribution in [0.15, 0.2) is 78.9 Å². The molecule has 5 aromatic carbocycles. The van der Waals surface area contributed by atoms with Gasteiger partial charge in [0, 0.05) is 34.7 Å². The molecule has 11 bridgehead atoms. The van der Waals surface area contributed by atoms with E-state index in [1.807, 2.05) is 13.8 Å². The number of ether oxygens (including phenoxy) is 6. The van der Waals surface area contributed by atoms with Gasteiger partial charge >= 0.3 is 5.97 Å². The highest BCUT2D eigenvalue weighted by atomic mass is 35.5. The molecule has 0 aliphatic carbocycles. The Labute approximate surface area is 614 Å². The number of halogens is 2. The summed E-state index contributed by atoms with van der Waals surface area (Å²) < 4.78 is 38.3. The van der Waals surface area contributed by atoms with Gasteiger partial charge in [0.05, 0.1) is 54.0 Å². The molecule has 0 spiro atoms. The predicted molar refractivity (Wildman–Crippen MR) is 368 cm³/mol. The first kappa shape index (κ1) is 80.8. The Morgan fingerprint density at radius 2 is 1.29 bits per heavy atom. The lowest BCUT2D eigenvalue weighted by Crippen LogP contribution is -2.64. The smallest absolute Gasteiger partial charge is 0.330 e. The minimum Gasteiger partial charge on any atom is -0.508 e. The number of carbonyl (C=O) groups is 8. The first-order chi connectivity index (χ1) is 49.9. The van der Waals surface area contributed by atoms with Crippen LogP contribution in [0.4, 0.5) is 0 Å². The van der Waals surface area contributed by atoms with E-state index in [9.17, 15) is 75.0 Å². The molecule has 19 atom stereocenters. The van der Waals surface area contributed by atoms with Gasteiger partial charge in [-0.1, -0.05) is 55.2 Å². The second-order valence-corrected chi connectivity index (χ2v) is 27.6. The van der Waals surface area contributed by atoms with E-state index >= 15 is 14.4 Å². The third-order valence-electron chi connectivity index (χ3n) is 18.0. The van der Waals surface area contributed by atoms with Crippen molar-refractivity contribution in [3.8, 4) is 57.1 Å². The highest BCUT2D eigenvalue weighted by Gasteiger charge is 2.51. The number of amides is 7. The summed E-state index contributed by atoms with van der Waals surface area (Å²) in [5, 5.41) is 147. The van der Waals surface area contributed by atoms with Crippen molar-refractivity contribution in [1.82, 2.24) is 37.2 Å². The number of fused-ring (bicyclic) bond motifs is 15. The molecule has 37 heteroatoms. The number of benzene rings is 5. The number of likely N-dealkylation sites (N-methyl/N-ethyl adjacent to an activating group) is 1. The molecule has 574 valence electrons. The van der Waals surface area contributed by atoms with E-state index in [0.717, 1.165) is 66.7 Å². The second kappa shape index (κ2) is 33.7. The van der Waals surface area contributed by atoms with E-state index in [0.29, 0.717) is 0 Å². The SMILES string of the molecule is CC(O)CO.CNC(CC(C)C)C(=O)NC1C(=O)NC(CC(N)=O)C(=O)NC2C(=O)NC3C(=O)NC(C(=O)NC(C(=O)O)c4cc(O)cc(O)c4-c4cc3ccc4O)C(O)c3ccc(c(Cl)c3)Oc3cc2cc(c3OC2OC(CO)C(O)C(O)C2OC2CC(C)(N)C(O)C(C)O2)Oc2ccc(cc2Cl)C1O. The van der Waals surface area contributed by atoms with Crippen molar-refractivity contribution in [3.05, 3.63) is 117 Å². The average Bonchev–Trinajstić information content (AvgIpc) is 0.767. The van der Waals surface area contributed by atoms with E-state index in [-0.39, 0.29) is 52.8 Å². The van der Waals surface area contributed by atoms with Crippen LogP contribution in [0.1, 0.15) is 112 Å². The minimum atomic E-state index is -2.35. The van der Waals surface area contributed by atoms with Gasteiger partial charge in [-0.3, -0.25) is 33.6 Å². The standard InChI is InChI=1S/C66H75Cl2N9O24.C3H8O2/c1-23(2)12-34(71-5)58(88)76-49-51(83)26-7-10-38(32(67)14-26)97-40-16-28-17-41(55(40)101-65-56(54(86)53(85)42(22-78)99-65)100-44-21-66(4,70)57(87)24(3)96-44)98-39-11-8-27(15-33(39)68)52(84)50-63(93)75-48(64(94)95)31-18-29(79)19-37(81)45(31)30-13-25(6-9-36(30)80)46(60(90)77-50)74-61(91)47(28)73-59(89)35(20-43(69)82)72-62(49)92;1-3(5)2-4/h6-11,13-19,23-24,34-35,42,44,46-54,56-57,65,71,78-81,83-87H,12,20-22,70H2,1-5H3,(H2,69,82)(H,72,92)(H,73,89)(H,74,91)(H,75,93)(H,76,88)(H,77,90)(H,94,95);3-5H,2H2,1H3. The molecule has 7 heterocycles. The van der Waals surface area contributed by atoms with Crippen molar-refractivity contribution in [2.24, 2.45) is 17.4 Å². The summed E-state index contributed by atoms with van der Waals surface area (Å²) in [7, 11) is 1.47. The number of hydrogen-bond donors (Lipinski definition) is 21. The molecule has 0 aromatic heterocycles. The number of aliphatic carboxylic acids is 1. The van der Waals surface area contributed by atoms with Gasteiger partial charge in [-0.25, -0.2) is 4.79 Å². The summed E-state index contributed by atoms with van der Waals surface area (Å²) in [4.78, 5) is 117. The normalized spacial score (nSPS) is 28.8. The Morgan fingerprint density at radius 1 is 0.708 bits per heavy atom. The summed E-state index contributed by atoms with van der Waals surface area (Å²) >= 11 is 14.1. The van der Waals surface area contributed by atoms with Gasteiger partial charge in [0.25, 0.3) is 0 Å². The number of primary amides is 1. The first-order valence-electron chi connectivity index (χ1n) is 33.2. The number of aliphatic hydroxyl groups excluding tert-OH is 8. The molecule has 7 aliphatic heterocycles. The van der Waals surface area contributed by atoms with Gasteiger partial charge in [0.15, 0.2) is 29.9 Å². The largest absolute Gasteiger partial charge is 0.508 e. The van der Waals surface area contributed by atoms with Gasteiger partial charge in [0.1, 0.15) is 89.5 Å². The number of carboxylic acids is 1. The van der Waals surface area contributed by atoms with E-state index in [1.54, 1.807) is 0 Å². The van der Waals surface area contributed by atoms with Gasteiger partial charge in [-0.2, -0.15) is 0 Å². The van der Waals surface area contributed by atoms with Crippen LogP contribution in [0.3, 0.4) is 0 Å². The molecule has 0 radical (unpaired) electrons. The first-order valence-corrected chi connectivity index (χ1v) is 33.9. The molecular formula is C69H83Cl2N9O26.